The van der Waals surface area contributed by atoms with E-state index in [0.717, 1.165) is 12.8 Å². The Morgan fingerprint density at radius 2 is 1.95 bits per heavy atom. The van der Waals surface area contributed by atoms with Gasteiger partial charge in [-0.25, -0.2) is 9.59 Å². The maximum Gasteiger partial charge on any atom is 0.327 e. The summed E-state index contributed by atoms with van der Waals surface area (Å²) in [4.78, 5) is 25.3. The summed E-state index contributed by atoms with van der Waals surface area (Å²) < 4.78 is 0. The van der Waals surface area contributed by atoms with Crippen LogP contribution in [0, 0.1) is 5.41 Å². The number of carboxylic acids is 1. The number of carboxylic acid groups (broad SMARTS) is 1. The van der Waals surface area contributed by atoms with Crippen molar-refractivity contribution in [2.45, 2.75) is 32.7 Å². The van der Waals surface area contributed by atoms with E-state index in [1.165, 1.54) is 4.90 Å². The maximum atomic E-state index is 12.4. The molecule has 1 aliphatic heterocycles. The summed E-state index contributed by atoms with van der Waals surface area (Å²) in [5.74, 6) is -0.967. The first-order valence-electron chi connectivity index (χ1n) is 6.87. The third kappa shape index (κ3) is 3.47. The summed E-state index contributed by atoms with van der Waals surface area (Å²) in [6, 6.07) is 5.50. The molecular weight excluding hydrogens is 292 g/mol. The largest absolute Gasteiger partial charge is 0.480 e. The number of halogens is 1. The van der Waals surface area contributed by atoms with Gasteiger partial charge < -0.3 is 15.3 Å². The van der Waals surface area contributed by atoms with Crippen LogP contribution in [-0.4, -0.2) is 34.6 Å². The molecule has 1 fully saturated rings. The van der Waals surface area contributed by atoms with Crippen molar-refractivity contribution in [2.75, 3.05) is 11.9 Å². The maximum absolute atomic E-state index is 12.4. The number of rotatable bonds is 2. The Hall–Kier alpha value is -1.75. The van der Waals surface area contributed by atoms with Crippen LogP contribution in [0.3, 0.4) is 0 Å². The van der Waals surface area contributed by atoms with E-state index in [9.17, 15) is 14.7 Å². The second-order valence-corrected chi connectivity index (χ2v) is 6.40. The number of piperidine rings is 1. The van der Waals surface area contributed by atoms with Gasteiger partial charge in [-0.15, -0.1) is 0 Å². The van der Waals surface area contributed by atoms with Crippen LogP contribution in [0.15, 0.2) is 24.3 Å². The van der Waals surface area contributed by atoms with Crippen molar-refractivity contribution in [2.24, 2.45) is 5.41 Å². The van der Waals surface area contributed by atoms with Crippen LogP contribution in [0.4, 0.5) is 10.5 Å². The van der Waals surface area contributed by atoms with E-state index in [1.54, 1.807) is 24.3 Å². The molecule has 0 aromatic heterocycles. The summed E-state index contributed by atoms with van der Waals surface area (Å²) in [5, 5.41) is 12.8. The number of nitrogens with zero attached hydrogens (tertiary/aromatic N) is 1. The molecule has 1 saturated heterocycles. The van der Waals surface area contributed by atoms with Crippen molar-refractivity contribution in [1.29, 1.82) is 0 Å². The second-order valence-electron chi connectivity index (χ2n) is 5.96. The number of amides is 2. The number of urea groups is 1. The van der Waals surface area contributed by atoms with Crippen molar-refractivity contribution in [3.63, 3.8) is 0 Å². The molecule has 0 aliphatic carbocycles. The number of hydrogen-bond acceptors (Lipinski definition) is 2. The lowest BCUT2D eigenvalue weighted by atomic mass is 9.76. The zero-order chi connectivity index (χ0) is 15.6. The van der Waals surface area contributed by atoms with E-state index >= 15 is 0 Å². The molecule has 114 valence electrons. The van der Waals surface area contributed by atoms with Gasteiger partial charge in [0.2, 0.25) is 0 Å². The Labute approximate surface area is 128 Å². The predicted octanol–water partition coefficient (Wildman–Crippen LogP) is 3.45. The van der Waals surface area contributed by atoms with Gasteiger partial charge in [0.1, 0.15) is 6.04 Å². The molecule has 6 heteroatoms. The first-order chi connectivity index (χ1) is 9.81. The van der Waals surface area contributed by atoms with Crippen LogP contribution < -0.4 is 5.32 Å². The van der Waals surface area contributed by atoms with Crippen LogP contribution in [0.1, 0.15) is 26.7 Å². The molecule has 1 atom stereocenters. The van der Waals surface area contributed by atoms with Crippen LogP contribution in [-0.2, 0) is 4.79 Å². The second kappa shape index (κ2) is 5.93. The van der Waals surface area contributed by atoms with Gasteiger partial charge in [-0.1, -0.05) is 25.4 Å². The smallest absolute Gasteiger partial charge is 0.327 e. The standard InChI is InChI=1S/C15H19ClN2O3/c1-15(2)8-3-9-18(12(15)13(19)20)14(21)17-11-6-4-10(16)5-7-11/h4-7,12H,3,8-9H2,1-2H3,(H,17,21)(H,19,20). The third-order valence-corrected chi connectivity index (χ3v) is 4.11. The van der Waals surface area contributed by atoms with Gasteiger partial charge in [0.25, 0.3) is 0 Å². The molecule has 1 aromatic rings. The number of carbonyl (C=O) groups excluding carboxylic acids is 1. The van der Waals surface area contributed by atoms with Crippen molar-refractivity contribution in [3.05, 3.63) is 29.3 Å². The molecule has 0 radical (unpaired) electrons. The Morgan fingerprint density at radius 1 is 1.33 bits per heavy atom. The Morgan fingerprint density at radius 3 is 2.52 bits per heavy atom. The third-order valence-electron chi connectivity index (χ3n) is 3.86. The molecule has 1 aromatic carbocycles. The lowest BCUT2D eigenvalue weighted by Gasteiger charge is -2.43. The van der Waals surface area contributed by atoms with E-state index in [4.69, 9.17) is 11.6 Å². The molecule has 2 amide bonds. The average molecular weight is 311 g/mol. The summed E-state index contributed by atoms with van der Waals surface area (Å²) in [7, 11) is 0. The van der Waals surface area contributed by atoms with E-state index in [0.29, 0.717) is 17.3 Å². The molecule has 2 rings (SSSR count). The molecule has 1 unspecified atom stereocenters. The van der Waals surface area contributed by atoms with Crippen molar-refractivity contribution < 1.29 is 14.7 Å². The van der Waals surface area contributed by atoms with Crippen LogP contribution in [0.25, 0.3) is 0 Å². The fourth-order valence-electron chi connectivity index (χ4n) is 2.81. The SMILES string of the molecule is CC1(C)CCCN(C(=O)Nc2ccc(Cl)cc2)C1C(=O)O. The van der Waals surface area contributed by atoms with E-state index < -0.39 is 23.5 Å². The quantitative estimate of drug-likeness (QED) is 0.879. The number of benzene rings is 1. The predicted molar refractivity (Wildman–Crippen MR) is 81.6 cm³/mol. The zero-order valence-corrected chi connectivity index (χ0v) is 12.9. The number of aliphatic carboxylic acids is 1. The number of likely N-dealkylation sites (tertiary alicyclic amines) is 1. The molecule has 2 N–H and O–H groups in total. The first kappa shape index (κ1) is 15.6. The lowest BCUT2D eigenvalue weighted by Crippen LogP contribution is -2.57. The lowest BCUT2D eigenvalue weighted by molar-refractivity contribution is -0.148. The van der Waals surface area contributed by atoms with Crippen molar-refractivity contribution >= 4 is 29.3 Å². The molecule has 21 heavy (non-hydrogen) atoms. The average Bonchev–Trinajstić information content (AvgIpc) is 2.39. The molecular formula is C15H19ClN2O3. The normalized spacial score (nSPS) is 20.9. The van der Waals surface area contributed by atoms with Gasteiger partial charge in [0.05, 0.1) is 0 Å². The number of carbonyl (C=O) groups is 2. The Balaban J connectivity index is 2.16. The van der Waals surface area contributed by atoms with Gasteiger partial charge in [-0.3, -0.25) is 0 Å². The van der Waals surface area contributed by atoms with E-state index in [2.05, 4.69) is 5.32 Å². The molecule has 1 aliphatic rings. The fourth-order valence-corrected chi connectivity index (χ4v) is 2.93. The topological polar surface area (TPSA) is 69.6 Å². The number of hydrogen-bond donors (Lipinski definition) is 2. The van der Waals surface area contributed by atoms with Gasteiger partial charge in [-0.2, -0.15) is 0 Å². The highest BCUT2D eigenvalue weighted by molar-refractivity contribution is 6.30. The minimum Gasteiger partial charge on any atom is -0.480 e. The Kier molecular flexibility index (Phi) is 4.42. The molecule has 1 heterocycles. The Bertz CT molecular complexity index is 542. The molecule has 0 saturated carbocycles. The summed E-state index contributed by atoms with van der Waals surface area (Å²) in [6.45, 7) is 4.21. The minimum atomic E-state index is -0.967. The summed E-state index contributed by atoms with van der Waals surface area (Å²) in [5.41, 5.74) is 0.151. The van der Waals surface area contributed by atoms with Crippen molar-refractivity contribution in [1.82, 2.24) is 4.90 Å². The van der Waals surface area contributed by atoms with Crippen LogP contribution in [0.5, 0.6) is 0 Å². The number of nitrogens with one attached hydrogen (secondary N) is 1. The highest BCUT2D eigenvalue weighted by Gasteiger charge is 2.44. The first-order valence-corrected chi connectivity index (χ1v) is 7.25. The highest BCUT2D eigenvalue weighted by Crippen LogP contribution is 2.35. The van der Waals surface area contributed by atoms with Crippen LogP contribution >= 0.6 is 11.6 Å². The van der Waals surface area contributed by atoms with Gasteiger partial charge in [-0.05, 0) is 42.5 Å². The van der Waals surface area contributed by atoms with Gasteiger partial charge >= 0.3 is 12.0 Å². The highest BCUT2D eigenvalue weighted by atomic mass is 35.5. The van der Waals surface area contributed by atoms with Gasteiger partial charge in [0, 0.05) is 17.3 Å². The van der Waals surface area contributed by atoms with Crippen LogP contribution in [0.2, 0.25) is 5.02 Å². The van der Waals surface area contributed by atoms with Crippen molar-refractivity contribution in [3.8, 4) is 0 Å². The zero-order valence-electron chi connectivity index (χ0n) is 12.1. The number of anilines is 1. The molecule has 0 bridgehead atoms. The minimum absolute atomic E-state index is 0.391. The monoisotopic (exact) mass is 310 g/mol. The molecule has 5 nitrogen and oxygen atoms in total. The fraction of sp³-hybridized carbons (Fsp3) is 0.467. The molecule has 0 spiro atoms. The summed E-state index contributed by atoms with van der Waals surface area (Å²) >= 11 is 5.80. The van der Waals surface area contributed by atoms with E-state index in [-0.39, 0.29) is 0 Å². The van der Waals surface area contributed by atoms with Gasteiger partial charge in [0.15, 0.2) is 0 Å². The van der Waals surface area contributed by atoms with E-state index in [1.807, 2.05) is 13.8 Å². The summed E-state index contributed by atoms with van der Waals surface area (Å²) in [6.07, 6.45) is 1.58.